The Labute approximate surface area is 116 Å². The fourth-order valence-electron chi connectivity index (χ4n) is 2.45. The van der Waals surface area contributed by atoms with Gasteiger partial charge in [0.25, 0.3) is 0 Å². The molecule has 0 amide bonds. The van der Waals surface area contributed by atoms with Crippen LogP contribution in [0.25, 0.3) is 6.08 Å². The topological polar surface area (TPSA) is 29.9 Å². The van der Waals surface area contributed by atoms with Crippen LogP contribution in [0.15, 0.2) is 59.7 Å². The number of para-hydroxylation sites is 1. The van der Waals surface area contributed by atoms with Crippen LogP contribution in [0.3, 0.4) is 0 Å². The summed E-state index contributed by atoms with van der Waals surface area (Å²) in [6.45, 7) is 0.981. The fraction of sp³-hybridized carbons (Fsp3) is 0.133. The molecular weight excluding hydrogens is 254 g/mol. The van der Waals surface area contributed by atoms with Crippen LogP contribution in [0, 0.1) is 0 Å². The summed E-state index contributed by atoms with van der Waals surface area (Å²) in [7, 11) is 0. The number of aromatic nitrogens is 2. The average molecular weight is 267 g/mol. The van der Waals surface area contributed by atoms with E-state index in [0.29, 0.717) is 5.25 Å². The number of imidazole rings is 1. The summed E-state index contributed by atoms with van der Waals surface area (Å²) in [6, 6.07) is 8.38. The lowest BCUT2D eigenvalue weighted by Crippen LogP contribution is -2.15. The van der Waals surface area contributed by atoms with Gasteiger partial charge in [-0.2, -0.15) is 0 Å². The lowest BCUT2D eigenvalue weighted by Gasteiger charge is -2.16. The van der Waals surface area contributed by atoms with E-state index in [1.165, 1.54) is 16.9 Å². The molecule has 94 valence electrons. The van der Waals surface area contributed by atoms with E-state index < -0.39 is 0 Å². The molecule has 0 bridgehead atoms. The lowest BCUT2D eigenvalue weighted by molar-refractivity contribution is 0.678. The molecule has 0 radical (unpaired) electrons. The predicted molar refractivity (Wildman–Crippen MR) is 79.1 cm³/mol. The zero-order chi connectivity index (χ0) is 12.7. The van der Waals surface area contributed by atoms with Crippen molar-refractivity contribution < 1.29 is 0 Å². The highest BCUT2D eigenvalue weighted by Gasteiger charge is 2.26. The van der Waals surface area contributed by atoms with E-state index in [0.717, 1.165) is 11.7 Å². The first-order valence-electron chi connectivity index (χ1n) is 6.32. The number of thioether (sulfide) groups is 1. The summed E-state index contributed by atoms with van der Waals surface area (Å²) < 4.78 is 2.21. The van der Waals surface area contributed by atoms with Crippen molar-refractivity contribution in [1.82, 2.24) is 9.55 Å². The molecule has 3 heterocycles. The number of hydrogen-bond acceptors (Lipinski definition) is 3. The van der Waals surface area contributed by atoms with Gasteiger partial charge in [0.05, 0.1) is 5.25 Å². The summed E-state index contributed by atoms with van der Waals surface area (Å²) in [6.07, 6.45) is 10.3. The van der Waals surface area contributed by atoms with Gasteiger partial charge in [-0.1, -0.05) is 42.1 Å². The van der Waals surface area contributed by atoms with E-state index >= 15 is 0 Å². The second kappa shape index (κ2) is 4.31. The maximum Gasteiger partial charge on any atom is 0.168 e. The van der Waals surface area contributed by atoms with Crippen LogP contribution in [0.4, 0.5) is 5.69 Å². The third kappa shape index (κ3) is 1.88. The van der Waals surface area contributed by atoms with Crippen molar-refractivity contribution >= 4 is 23.5 Å². The first-order valence-corrected chi connectivity index (χ1v) is 7.20. The van der Waals surface area contributed by atoms with Crippen molar-refractivity contribution in [2.75, 3.05) is 5.32 Å². The van der Waals surface area contributed by atoms with E-state index in [1.54, 1.807) is 0 Å². The van der Waals surface area contributed by atoms with Gasteiger partial charge in [0.2, 0.25) is 0 Å². The number of fused-ring (bicyclic) bond motifs is 2. The summed E-state index contributed by atoms with van der Waals surface area (Å²) in [4.78, 5) is 4.36. The van der Waals surface area contributed by atoms with Crippen LogP contribution in [0.2, 0.25) is 0 Å². The Kier molecular flexibility index (Phi) is 2.48. The highest BCUT2D eigenvalue weighted by molar-refractivity contribution is 8.00. The Morgan fingerprint density at radius 1 is 1.32 bits per heavy atom. The average Bonchev–Trinajstić information content (AvgIpc) is 2.94. The number of nitrogens with zero attached hydrogens (tertiary/aromatic N) is 2. The third-order valence-electron chi connectivity index (χ3n) is 3.43. The van der Waals surface area contributed by atoms with Gasteiger partial charge in [-0.05, 0) is 17.7 Å². The van der Waals surface area contributed by atoms with Crippen molar-refractivity contribution in [1.29, 1.82) is 0 Å². The van der Waals surface area contributed by atoms with Crippen molar-refractivity contribution in [2.45, 2.75) is 17.0 Å². The molecule has 2 aliphatic rings. The molecule has 19 heavy (non-hydrogen) atoms. The van der Waals surface area contributed by atoms with E-state index in [4.69, 9.17) is 0 Å². The molecule has 1 N–H and O–H groups in total. The van der Waals surface area contributed by atoms with Gasteiger partial charge in [0, 0.05) is 30.3 Å². The lowest BCUT2D eigenvalue weighted by atomic mass is 10.2. The van der Waals surface area contributed by atoms with E-state index in [-0.39, 0.29) is 0 Å². The van der Waals surface area contributed by atoms with Gasteiger partial charge in [0.15, 0.2) is 5.16 Å². The van der Waals surface area contributed by atoms with Gasteiger partial charge in [0.1, 0.15) is 0 Å². The van der Waals surface area contributed by atoms with E-state index in [1.807, 2.05) is 24.2 Å². The molecular formula is C15H13N3S. The minimum Gasteiger partial charge on any atom is -0.357 e. The zero-order valence-corrected chi connectivity index (χ0v) is 11.1. The Bertz CT molecular complexity index is 664. The monoisotopic (exact) mass is 267 g/mol. The largest absolute Gasteiger partial charge is 0.357 e. The number of allylic oxidation sites excluding steroid dienone is 2. The molecule has 2 aromatic rings. The van der Waals surface area contributed by atoms with Gasteiger partial charge < -0.3 is 9.88 Å². The first kappa shape index (κ1) is 10.9. The Morgan fingerprint density at radius 2 is 2.26 bits per heavy atom. The van der Waals surface area contributed by atoms with Gasteiger partial charge in [-0.15, -0.1) is 0 Å². The summed E-state index contributed by atoms with van der Waals surface area (Å²) >= 11 is 1.82. The van der Waals surface area contributed by atoms with Gasteiger partial charge >= 0.3 is 0 Å². The third-order valence-corrected chi connectivity index (χ3v) is 4.66. The quantitative estimate of drug-likeness (QED) is 0.859. The number of rotatable bonds is 1. The highest BCUT2D eigenvalue weighted by Crippen LogP contribution is 2.36. The molecule has 1 atom stereocenters. The standard InChI is InChI=1S/C15H13N3S/c1-2-6-12-11(4-1)5-3-7-13(17-12)14-10-18-9-8-16-15(18)19-14/h1-9,14,17H,10H2. The number of anilines is 1. The van der Waals surface area contributed by atoms with Crippen LogP contribution in [-0.4, -0.2) is 14.8 Å². The Hall–Kier alpha value is -1.94. The molecule has 2 aliphatic heterocycles. The molecule has 4 heteroatoms. The van der Waals surface area contributed by atoms with Crippen LogP contribution < -0.4 is 5.32 Å². The minimum absolute atomic E-state index is 0.416. The van der Waals surface area contributed by atoms with Crippen LogP contribution >= 0.6 is 11.8 Å². The normalized spacial score (nSPS) is 20.2. The predicted octanol–water partition coefficient (Wildman–Crippen LogP) is 3.38. The van der Waals surface area contributed by atoms with Crippen LogP contribution in [0.5, 0.6) is 0 Å². The van der Waals surface area contributed by atoms with Gasteiger partial charge in [-0.3, -0.25) is 0 Å². The SMILES string of the molecule is C1=Cc2ccccc2NC(C2Cn3ccnc3S2)=C1. The Balaban J connectivity index is 1.63. The van der Waals surface area contributed by atoms with Crippen molar-refractivity contribution in [3.63, 3.8) is 0 Å². The second-order valence-electron chi connectivity index (χ2n) is 4.66. The first-order chi connectivity index (χ1) is 9.40. The number of benzene rings is 1. The molecule has 1 aromatic heterocycles. The summed E-state index contributed by atoms with van der Waals surface area (Å²) in [5, 5.41) is 5.08. The van der Waals surface area contributed by atoms with E-state index in [2.05, 4.69) is 57.4 Å². The molecule has 4 rings (SSSR count). The fourth-order valence-corrected chi connectivity index (χ4v) is 3.60. The molecule has 0 saturated carbocycles. The van der Waals surface area contributed by atoms with Crippen molar-refractivity contribution in [3.05, 3.63) is 60.1 Å². The molecule has 1 unspecified atom stereocenters. The molecule has 3 nitrogen and oxygen atoms in total. The van der Waals surface area contributed by atoms with Crippen molar-refractivity contribution in [2.24, 2.45) is 0 Å². The van der Waals surface area contributed by atoms with Crippen molar-refractivity contribution in [3.8, 4) is 0 Å². The molecule has 0 saturated heterocycles. The number of nitrogens with one attached hydrogen (secondary N) is 1. The molecule has 0 spiro atoms. The minimum atomic E-state index is 0.416. The molecule has 0 aliphatic carbocycles. The maximum absolute atomic E-state index is 4.36. The smallest absolute Gasteiger partial charge is 0.168 e. The van der Waals surface area contributed by atoms with E-state index in [9.17, 15) is 0 Å². The second-order valence-corrected chi connectivity index (χ2v) is 5.83. The molecule has 1 aromatic carbocycles. The number of hydrogen-bond donors (Lipinski definition) is 1. The van der Waals surface area contributed by atoms with Gasteiger partial charge in [-0.25, -0.2) is 4.98 Å². The zero-order valence-electron chi connectivity index (χ0n) is 10.3. The molecule has 0 fully saturated rings. The van der Waals surface area contributed by atoms with Crippen LogP contribution in [0.1, 0.15) is 5.56 Å². The summed E-state index contributed by atoms with van der Waals surface area (Å²) in [5.74, 6) is 0. The Morgan fingerprint density at radius 3 is 3.21 bits per heavy atom. The maximum atomic E-state index is 4.36. The highest BCUT2D eigenvalue weighted by atomic mass is 32.2. The van der Waals surface area contributed by atoms with Crippen LogP contribution in [-0.2, 0) is 6.54 Å². The summed E-state index contributed by atoms with van der Waals surface area (Å²) in [5.41, 5.74) is 3.65.